The first-order valence-corrected chi connectivity index (χ1v) is 4.47. The lowest BCUT2D eigenvalue weighted by molar-refractivity contribution is 0.192. The minimum absolute atomic E-state index is 0.0209. The lowest BCUT2D eigenvalue weighted by Crippen LogP contribution is -2.27. The summed E-state index contributed by atoms with van der Waals surface area (Å²) in [4.78, 5) is 0. The number of hydrogen-bond acceptors (Lipinski definition) is 3. The van der Waals surface area contributed by atoms with E-state index in [2.05, 4.69) is 11.4 Å². The van der Waals surface area contributed by atoms with Gasteiger partial charge < -0.3 is 10.1 Å². The lowest BCUT2D eigenvalue weighted by Gasteiger charge is -2.07. The van der Waals surface area contributed by atoms with E-state index in [0.29, 0.717) is 0 Å². The number of nitrogens with one attached hydrogen (secondary N) is 1. The van der Waals surface area contributed by atoms with Crippen LogP contribution in [0.4, 0.5) is 0 Å². The highest BCUT2D eigenvalue weighted by atomic mass is 16.5. The number of unbranched alkanes of at least 4 members (excludes halogenated alkanes) is 1. The Morgan fingerprint density at radius 2 is 2.25 bits per heavy atom. The first kappa shape index (κ1) is 11.4. The molecule has 0 aromatic heterocycles. The molecule has 0 amide bonds. The molecule has 0 aromatic rings. The topological polar surface area (TPSA) is 45.0 Å². The van der Waals surface area contributed by atoms with E-state index in [4.69, 9.17) is 10.00 Å². The fourth-order valence-electron chi connectivity index (χ4n) is 0.929. The summed E-state index contributed by atoms with van der Waals surface area (Å²) in [5.74, 6) is 0. The number of ether oxygens (including phenoxy) is 1. The van der Waals surface area contributed by atoms with Crippen molar-refractivity contribution in [3.05, 3.63) is 0 Å². The quantitative estimate of drug-likeness (QED) is 0.586. The maximum absolute atomic E-state index is 8.59. The number of nitriles is 1. The van der Waals surface area contributed by atoms with Crippen LogP contribution in [-0.4, -0.2) is 26.3 Å². The summed E-state index contributed by atoms with van der Waals surface area (Å²) in [6.07, 6.45) is 3.01. The van der Waals surface area contributed by atoms with E-state index in [1.807, 2.05) is 6.92 Å². The summed E-state index contributed by atoms with van der Waals surface area (Å²) in [6.45, 7) is 3.73. The molecule has 0 aliphatic rings. The van der Waals surface area contributed by atoms with Crippen LogP contribution in [0.2, 0.25) is 0 Å². The molecule has 0 spiro atoms. The molecule has 0 rings (SSSR count). The van der Waals surface area contributed by atoms with Crippen molar-refractivity contribution in [2.24, 2.45) is 0 Å². The van der Waals surface area contributed by atoms with Gasteiger partial charge in [-0.15, -0.1) is 0 Å². The van der Waals surface area contributed by atoms with Crippen LogP contribution >= 0.6 is 0 Å². The van der Waals surface area contributed by atoms with Crippen molar-refractivity contribution in [3.63, 3.8) is 0 Å². The summed E-state index contributed by atoms with van der Waals surface area (Å²) < 4.78 is 4.91. The molecule has 1 atom stereocenters. The molecule has 0 aliphatic carbocycles. The van der Waals surface area contributed by atoms with Gasteiger partial charge in [-0.25, -0.2) is 0 Å². The summed E-state index contributed by atoms with van der Waals surface area (Å²) in [5, 5.41) is 11.8. The maximum atomic E-state index is 8.59. The molecule has 0 heterocycles. The molecule has 0 saturated heterocycles. The molecule has 1 unspecified atom stereocenters. The van der Waals surface area contributed by atoms with E-state index in [-0.39, 0.29) is 6.04 Å². The van der Waals surface area contributed by atoms with Gasteiger partial charge in [0.1, 0.15) is 0 Å². The first-order chi connectivity index (χ1) is 5.85. The van der Waals surface area contributed by atoms with Gasteiger partial charge in [0.2, 0.25) is 0 Å². The standard InChI is InChI=1S/C9H18N2O/c1-3-9(8-10)11-6-4-5-7-12-2/h9,11H,3-7H2,1-2H3. The predicted molar refractivity (Wildman–Crippen MR) is 48.8 cm³/mol. The van der Waals surface area contributed by atoms with E-state index in [0.717, 1.165) is 32.4 Å². The van der Waals surface area contributed by atoms with E-state index in [1.54, 1.807) is 7.11 Å². The van der Waals surface area contributed by atoms with Crippen molar-refractivity contribution in [2.75, 3.05) is 20.3 Å². The van der Waals surface area contributed by atoms with Gasteiger partial charge in [-0.3, -0.25) is 0 Å². The van der Waals surface area contributed by atoms with E-state index < -0.39 is 0 Å². The van der Waals surface area contributed by atoms with Gasteiger partial charge >= 0.3 is 0 Å². The SMILES string of the molecule is CCC(C#N)NCCCCOC. The molecule has 3 nitrogen and oxygen atoms in total. The summed E-state index contributed by atoms with van der Waals surface area (Å²) >= 11 is 0. The van der Waals surface area contributed by atoms with Crippen LogP contribution < -0.4 is 5.32 Å². The molecule has 0 aliphatic heterocycles. The van der Waals surface area contributed by atoms with Crippen LogP contribution in [0.5, 0.6) is 0 Å². The zero-order valence-corrected chi connectivity index (χ0v) is 7.97. The summed E-state index contributed by atoms with van der Waals surface area (Å²) in [6, 6.07) is 2.22. The molecule has 0 saturated carbocycles. The largest absolute Gasteiger partial charge is 0.385 e. The number of methoxy groups -OCH3 is 1. The van der Waals surface area contributed by atoms with E-state index >= 15 is 0 Å². The average molecular weight is 170 g/mol. The van der Waals surface area contributed by atoms with Gasteiger partial charge in [-0.1, -0.05) is 6.92 Å². The van der Waals surface area contributed by atoms with Gasteiger partial charge in [0, 0.05) is 13.7 Å². The van der Waals surface area contributed by atoms with Gasteiger partial charge in [-0.2, -0.15) is 5.26 Å². The predicted octanol–water partition coefficient (Wildman–Crippen LogP) is 1.30. The van der Waals surface area contributed by atoms with Crippen LogP contribution in [0, 0.1) is 11.3 Å². The van der Waals surface area contributed by atoms with Crippen LogP contribution in [-0.2, 0) is 4.74 Å². The van der Waals surface area contributed by atoms with Crippen LogP contribution in [0.3, 0.4) is 0 Å². The van der Waals surface area contributed by atoms with Crippen molar-refractivity contribution in [2.45, 2.75) is 32.2 Å². The van der Waals surface area contributed by atoms with Crippen molar-refractivity contribution in [3.8, 4) is 6.07 Å². The molecule has 1 N–H and O–H groups in total. The maximum Gasteiger partial charge on any atom is 0.0950 e. The molecular weight excluding hydrogens is 152 g/mol. The fourth-order valence-corrected chi connectivity index (χ4v) is 0.929. The fraction of sp³-hybridized carbons (Fsp3) is 0.889. The Kier molecular flexibility index (Phi) is 8.09. The zero-order valence-electron chi connectivity index (χ0n) is 7.97. The molecular formula is C9H18N2O. The Morgan fingerprint density at radius 1 is 1.50 bits per heavy atom. The summed E-state index contributed by atoms with van der Waals surface area (Å²) in [7, 11) is 1.71. The molecule has 0 fully saturated rings. The Morgan fingerprint density at radius 3 is 2.75 bits per heavy atom. The molecule has 0 aromatic carbocycles. The van der Waals surface area contributed by atoms with Gasteiger partial charge in [0.15, 0.2) is 0 Å². The third-order valence-corrected chi connectivity index (χ3v) is 1.73. The Labute approximate surface area is 74.7 Å². The smallest absolute Gasteiger partial charge is 0.0950 e. The van der Waals surface area contributed by atoms with Gasteiger partial charge in [0.05, 0.1) is 12.1 Å². The van der Waals surface area contributed by atoms with Crippen molar-refractivity contribution >= 4 is 0 Å². The van der Waals surface area contributed by atoms with Crippen LogP contribution in [0.1, 0.15) is 26.2 Å². The number of hydrogen-bond donors (Lipinski definition) is 1. The first-order valence-electron chi connectivity index (χ1n) is 4.47. The van der Waals surface area contributed by atoms with Crippen molar-refractivity contribution in [1.29, 1.82) is 5.26 Å². The minimum Gasteiger partial charge on any atom is -0.385 e. The van der Waals surface area contributed by atoms with E-state index in [9.17, 15) is 0 Å². The van der Waals surface area contributed by atoms with Crippen molar-refractivity contribution in [1.82, 2.24) is 5.32 Å². The van der Waals surface area contributed by atoms with E-state index in [1.165, 1.54) is 0 Å². The lowest BCUT2D eigenvalue weighted by atomic mass is 10.2. The molecule has 70 valence electrons. The third-order valence-electron chi connectivity index (χ3n) is 1.73. The molecule has 0 bridgehead atoms. The molecule has 3 heteroatoms. The second kappa shape index (κ2) is 8.51. The molecule has 12 heavy (non-hydrogen) atoms. The average Bonchev–Trinajstić information content (AvgIpc) is 2.11. The van der Waals surface area contributed by atoms with Gasteiger partial charge in [0.25, 0.3) is 0 Å². The Hall–Kier alpha value is -0.590. The zero-order chi connectivity index (χ0) is 9.23. The third kappa shape index (κ3) is 6.14. The molecule has 0 radical (unpaired) electrons. The Bertz CT molecular complexity index is 131. The normalized spacial score (nSPS) is 12.4. The van der Waals surface area contributed by atoms with Crippen molar-refractivity contribution < 1.29 is 4.74 Å². The summed E-state index contributed by atoms with van der Waals surface area (Å²) in [5.41, 5.74) is 0. The second-order valence-corrected chi connectivity index (χ2v) is 2.74. The monoisotopic (exact) mass is 170 g/mol. The number of rotatable bonds is 7. The van der Waals surface area contributed by atoms with Crippen LogP contribution in [0.25, 0.3) is 0 Å². The highest BCUT2D eigenvalue weighted by Crippen LogP contribution is 1.91. The van der Waals surface area contributed by atoms with Gasteiger partial charge in [-0.05, 0) is 25.8 Å². The number of nitrogens with zero attached hydrogens (tertiary/aromatic N) is 1. The second-order valence-electron chi connectivity index (χ2n) is 2.74. The Balaban J connectivity index is 3.13. The van der Waals surface area contributed by atoms with Crippen LogP contribution in [0.15, 0.2) is 0 Å². The highest BCUT2D eigenvalue weighted by molar-refractivity contribution is 4.87. The highest BCUT2D eigenvalue weighted by Gasteiger charge is 2.00. The minimum atomic E-state index is 0.0209.